The number of hydrogen-bond donors (Lipinski definition) is 1. The van der Waals surface area contributed by atoms with E-state index in [9.17, 15) is 23.1 Å². The fraction of sp³-hybridized carbons (Fsp3) is 0.625. The van der Waals surface area contributed by atoms with Crippen LogP contribution in [0, 0.1) is 0 Å². The van der Waals surface area contributed by atoms with Crippen LogP contribution in [-0.2, 0) is 5.41 Å². The lowest BCUT2D eigenvalue weighted by molar-refractivity contribution is -0.274. The van der Waals surface area contributed by atoms with Crippen molar-refractivity contribution in [1.29, 1.82) is 0 Å². The Hall–Kier alpha value is -2.82. The molecule has 35 heavy (non-hydrogen) atoms. The first-order chi connectivity index (χ1) is 16.4. The number of urea groups is 1. The third-order valence-electron chi connectivity index (χ3n) is 6.48. The highest BCUT2D eigenvalue weighted by Crippen LogP contribution is 2.38. The fourth-order valence-corrected chi connectivity index (χ4v) is 4.60. The number of alkyl halides is 3. The normalized spacial score (nSPS) is 22.4. The Balaban J connectivity index is 1.60. The molecular weight excluding hydrogens is 465 g/mol. The van der Waals surface area contributed by atoms with Gasteiger partial charge in [-0.1, -0.05) is 38.1 Å². The molecule has 0 bridgehead atoms. The van der Waals surface area contributed by atoms with Crippen molar-refractivity contribution in [2.75, 3.05) is 26.2 Å². The molecule has 3 heterocycles. The lowest BCUT2D eigenvalue weighted by atomic mass is 9.84. The summed E-state index contributed by atoms with van der Waals surface area (Å²) in [7, 11) is 0. The molecule has 2 atom stereocenters. The van der Waals surface area contributed by atoms with Crippen molar-refractivity contribution in [2.24, 2.45) is 0 Å². The van der Waals surface area contributed by atoms with Crippen LogP contribution in [-0.4, -0.2) is 69.7 Å². The summed E-state index contributed by atoms with van der Waals surface area (Å²) in [6.07, 6.45) is -3.64. The molecule has 2 aliphatic rings. The van der Waals surface area contributed by atoms with Gasteiger partial charge in [0.1, 0.15) is 5.75 Å². The quantitative estimate of drug-likeness (QED) is 0.677. The molecule has 1 N–H and O–H groups in total. The molecule has 0 aliphatic carbocycles. The zero-order valence-corrected chi connectivity index (χ0v) is 20.1. The van der Waals surface area contributed by atoms with Gasteiger partial charge in [-0.15, -0.1) is 13.2 Å². The Morgan fingerprint density at radius 2 is 1.80 bits per heavy atom. The van der Waals surface area contributed by atoms with Gasteiger partial charge in [-0.3, -0.25) is 0 Å². The first-order valence-electron chi connectivity index (χ1n) is 11.8. The number of piperidine rings is 2. The van der Waals surface area contributed by atoms with Gasteiger partial charge >= 0.3 is 12.4 Å². The van der Waals surface area contributed by atoms with Gasteiger partial charge in [-0.25, -0.2) is 4.79 Å². The van der Waals surface area contributed by atoms with E-state index in [1.165, 1.54) is 18.2 Å². The molecule has 2 unspecified atom stereocenters. The topological polar surface area (TPSA) is 91.9 Å². The summed E-state index contributed by atoms with van der Waals surface area (Å²) < 4.78 is 48.0. The van der Waals surface area contributed by atoms with Crippen LogP contribution >= 0.6 is 0 Å². The van der Waals surface area contributed by atoms with Crippen molar-refractivity contribution >= 4 is 6.03 Å². The number of aliphatic hydroxyl groups excluding tert-OH is 1. The molecule has 2 saturated heterocycles. The van der Waals surface area contributed by atoms with E-state index in [1.807, 2.05) is 20.8 Å². The van der Waals surface area contributed by atoms with Crippen LogP contribution in [0.5, 0.6) is 5.75 Å². The van der Waals surface area contributed by atoms with E-state index in [0.717, 1.165) is 0 Å². The van der Waals surface area contributed by atoms with Crippen LogP contribution in [0.15, 0.2) is 28.8 Å². The van der Waals surface area contributed by atoms with Crippen molar-refractivity contribution in [2.45, 2.75) is 69.8 Å². The average Bonchev–Trinajstić information content (AvgIpc) is 3.29. The SMILES string of the molecule is CC(C)(C)c1noc(C2CC(c3cccc(OC(F)(F)F)c3)CN(C(=O)N3CCC(O)CC3)C2)n1. The highest BCUT2D eigenvalue weighted by molar-refractivity contribution is 5.75. The van der Waals surface area contributed by atoms with Crippen molar-refractivity contribution in [3.05, 3.63) is 41.5 Å². The molecule has 1 aromatic heterocycles. The molecule has 8 nitrogen and oxygen atoms in total. The molecule has 2 amide bonds. The average molecular weight is 497 g/mol. The lowest BCUT2D eigenvalue weighted by Gasteiger charge is -2.40. The number of halogens is 3. The first kappa shape index (κ1) is 25.3. The molecule has 2 fully saturated rings. The second kappa shape index (κ2) is 9.67. The molecule has 2 aromatic rings. The van der Waals surface area contributed by atoms with Crippen LogP contribution in [0.3, 0.4) is 0 Å². The summed E-state index contributed by atoms with van der Waals surface area (Å²) >= 11 is 0. The van der Waals surface area contributed by atoms with Crippen LogP contribution in [0.2, 0.25) is 0 Å². The number of hydrogen-bond acceptors (Lipinski definition) is 6. The maximum Gasteiger partial charge on any atom is 0.573 e. The molecule has 4 rings (SSSR count). The van der Waals surface area contributed by atoms with Crippen LogP contribution in [0.1, 0.15) is 69.1 Å². The number of likely N-dealkylation sites (tertiary alicyclic amines) is 2. The van der Waals surface area contributed by atoms with E-state index in [2.05, 4.69) is 14.9 Å². The van der Waals surface area contributed by atoms with E-state index in [0.29, 0.717) is 62.7 Å². The molecule has 1 aromatic carbocycles. The third kappa shape index (κ3) is 6.25. The van der Waals surface area contributed by atoms with Crippen molar-refractivity contribution in [3.63, 3.8) is 0 Å². The van der Waals surface area contributed by atoms with Crippen LogP contribution in [0.25, 0.3) is 0 Å². The lowest BCUT2D eigenvalue weighted by Crippen LogP contribution is -2.51. The zero-order chi connectivity index (χ0) is 25.4. The van der Waals surface area contributed by atoms with Gasteiger partial charge < -0.3 is 24.2 Å². The minimum Gasteiger partial charge on any atom is -0.406 e. The molecule has 0 spiro atoms. The highest BCUT2D eigenvalue weighted by Gasteiger charge is 2.38. The van der Waals surface area contributed by atoms with Gasteiger partial charge in [-0.2, -0.15) is 4.98 Å². The Bertz CT molecular complexity index is 1030. The number of amides is 2. The van der Waals surface area contributed by atoms with Crippen molar-refractivity contribution in [1.82, 2.24) is 19.9 Å². The van der Waals surface area contributed by atoms with Gasteiger partial charge in [-0.05, 0) is 37.0 Å². The van der Waals surface area contributed by atoms with E-state index in [1.54, 1.807) is 15.9 Å². The predicted octanol–water partition coefficient (Wildman–Crippen LogP) is 4.42. The largest absolute Gasteiger partial charge is 0.573 e. The number of ether oxygens (including phenoxy) is 1. The van der Waals surface area contributed by atoms with E-state index in [-0.39, 0.29) is 29.0 Å². The minimum atomic E-state index is -4.79. The molecule has 0 radical (unpaired) electrons. The van der Waals surface area contributed by atoms with Gasteiger partial charge in [0.05, 0.1) is 12.0 Å². The second-order valence-corrected chi connectivity index (χ2v) is 10.4. The summed E-state index contributed by atoms with van der Waals surface area (Å²) in [5.74, 6) is 0.138. The fourth-order valence-electron chi connectivity index (χ4n) is 4.60. The number of aliphatic hydroxyl groups is 1. The van der Waals surface area contributed by atoms with Crippen molar-refractivity contribution in [3.8, 4) is 5.75 Å². The number of nitrogens with zero attached hydrogens (tertiary/aromatic N) is 4. The Morgan fingerprint density at radius 3 is 2.43 bits per heavy atom. The summed E-state index contributed by atoms with van der Waals surface area (Å²) in [5, 5.41) is 13.9. The Morgan fingerprint density at radius 1 is 1.11 bits per heavy atom. The molecule has 192 valence electrons. The molecule has 11 heteroatoms. The number of benzene rings is 1. The molecule has 2 aliphatic heterocycles. The smallest absolute Gasteiger partial charge is 0.406 e. The van der Waals surface area contributed by atoms with Gasteiger partial charge in [0, 0.05) is 37.5 Å². The van der Waals surface area contributed by atoms with Gasteiger partial charge in [0.15, 0.2) is 5.82 Å². The maximum absolute atomic E-state index is 13.4. The van der Waals surface area contributed by atoms with Crippen LogP contribution in [0.4, 0.5) is 18.0 Å². The van der Waals surface area contributed by atoms with E-state index < -0.39 is 12.5 Å². The van der Waals surface area contributed by atoms with Gasteiger partial charge in [0.2, 0.25) is 5.89 Å². The summed E-state index contributed by atoms with van der Waals surface area (Å²) in [6.45, 7) is 7.52. The Kier molecular flexibility index (Phi) is 6.99. The first-order valence-corrected chi connectivity index (χ1v) is 11.8. The minimum absolute atomic E-state index is 0.162. The van der Waals surface area contributed by atoms with Gasteiger partial charge in [0.25, 0.3) is 0 Å². The zero-order valence-electron chi connectivity index (χ0n) is 20.1. The number of carbonyl (C=O) groups excluding carboxylic acids is 1. The summed E-state index contributed by atoms with van der Waals surface area (Å²) in [5.41, 5.74) is 0.322. The number of carbonyl (C=O) groups is 1. The molecular formula is C24H31F3N4O4. The number of rotatable bonds is 3. The maximum atomic E-state index is 13.4. The monoisotopic (exact) mass is 496 g/mol. The standard InChI is InChI=1S/C24H31F3N4O4/c1-23(2,3)21-28-20(35-29-21)17-11-16(15-5-4-6-19(12-15)34-24(25,26)27)13-31(14-17)22(33)30-9-7-18(32)8-10-30/h4-6,12,16-18,32H,7-11,13-14H2,1-3H3. The highest BCUT2D eigenvalue weighted by atomic mass is 19.4. The second-order valence-electron chi connectivity index (χ2n) is 10.4. The summed E-state index contributed by atoms with van der Waals surface area (Å²) in [4.78, 5) is 21.4. The van der Waals surface area contributed by atoms with E-state index >= 15 is 0 Å². The predicted molar refractivity (Wildman–Crippen MR) is 120 cm³/mol. The van der Waals surface area contributed by atoms with Crippen molar-refractivity contribution < 1.29 is 32.3 Å². The van der Waals surface area contributed by atoms with Crippen LogP contribution < -0.4 is 4.74 Å². The Labute approximate surface area is 202 Å². The molecule has 0 saturated carbocycles. The number of aromatic nitrogens is 2. The summed E-state index contributed by atoms with van der Waals surface area (Å²) in [6, 6.07) is 5.72. The van der Waals surface area contributed by atoms with E-state index in [4.69, 9.17) is 4.52 Å². The third-order valence-corrected chi connectivity index (χ3v) is 6.48.